The van der Waals surface area contributed by atoms with Gasteiger partial charge in [-0.1, -0.05) is 0 Å². The van der Waals surface area contributed by atoms with Crippen molar-refractivity contribution in [2.45, 2.75) is 48.7 Å². The van der Waals surface area contributed by atoms with Crippen LogP contribution < -0.4 is 4.74 Å². The van der Waals surface area contributed by atoms with Gasteiger partial charge in [-0.2, -0.15) is 0 Å². The molecule has 104 valence electrons. The van der Waals surface area contributed by atoms with E-state index in [0.29, 0.717) is 31.0 Å². The topological polar surface area (TPSA) is 72.3 Å². The molecule has 0 saturated carbocycles. The summed E-state index contributed by atoms with van der Waals surface area (Å²) in [5, 5.41) is 11.0. The number of hydrogen-bond acceptors (Lipinski definition) is 5. The van der Waals surface area contributed by atoms with Crippen LogP contribution in [-0.2, 0) is 16.4 Å². The van der Waals surface area contributed by atoms with Crippen LogP contribution in [0, 0.1) is 0 Å². The third-order valence-corrected chi connectivity index (χ3v) is 6.16. The van der Waals surface area contributed by atoms with Gasteiger partial charge in [0.25, 0.3) is 0 Å². The Morgan fingerprint density at radius 3 is 2.47 bits per heavy atom. The number of nitrogens with zero attached hydrogens (tertiary/aromatic N) is 2. The van der Waals surface area contributed by atoms with E-state index in [1.807, 2.05) is 6.92 Å². The lowest BCUT2D eigenvalue weighted by molar-refractivity contribution is 0.0176. The van der Waals surface area contributed by atoms with Gasteiger partial charge in [-0.3, -0.25) is 4.21 Å². The van der Waals surface area contributed by atoms with Crippen LogP contribution in [-0.4, -0.2) is 36.4 Å². The van der Waals surface area contributed by atoms with Crippen molar-refractivity contribution in [3.63, 3.8) is 0 Å². The van der Waals surface area contributed by atoms with E-state index in [1.165, 1.54) is 0 Å². The van der Waals surface area contributed by atoms with E-state index >= 15 is 0 Å². The molecule has 1 N–H and O–H groups in total. The Kier molecular flexibility index (Phi) is 3.30. The van der Waals surface area contributed by atoms with Crippen molar-refractivity contribution in [2.24, 2.45) is 0 Å². The van der Waals surface area contributed by atoms with Crippen LogP contribution in [0.3, 0.4) is 0 Å². The molecule has 2 aliphatic heterocycles. The molecule has 2 bridgehead atoms. The van der Waals surface area contributed by atoms with E-state index in [4.69, 9.17) is 4.74 Å². The molecule has 3 rings (SSSR count). The van der Waals surface area contributed by atoms with Crippen molar-refractivity contribution in [3.8, 4) is 6.01 Å². The largest absolute Gasteiger partial charge is 0.464 e. The molecule has 19 heavy (non-hydrogen) atoms. The smallest absolute Gasteiger partial charge is 0.316 e. The van der Waals surface area contributed by atoms with E-state index in [9.17, 15) is 9.32 Å². The first-order valence-electron chi connectivity index (χ1n) is 6.69. The van der Waals surface area contributed by atoms with Crippen LogP contribution in [0.25, 0.3) is 0 Å². The van der Waals surface area contributed by atoms with Gasteiger partial charge in [0.2, 0.25) is 0 Å². The highest BCUT2D eigenvalue weighted by Gasteiger charge is 2.48. The van der Waals surface area contributed by atoms with Crippen molar-refractivity contribution in [1.29, 1.82) is 0 Å². The van der Waals surface area contributed by atoms with Gasteiger partial charge in [0.15, 0.2) is 0 Å². The number of hydrogen-bond donors (Lipinski definition) is 1. The lowest BCUT2D eigenvalue weighted by Crippen LogP contribution is -2.40. The minimum atomic E-state index is -0.926. The number of rotatable bonds is 3. The first-order chi connectivity index (χ1) is 9.12. The van der Waals surface area contributed by atoms with E-state index in [2.05, 4.69) is 9.97 Å². The molecule has 1 aromatic heterocycles. The molecule has 2 saturated heterocycles. The maximum absolute atomic E-state index is 12.0. The summed E-state index contributed by atoms with van der Waals surface area (Å²) in [6, 6.07) is 0.331. The molecule has 1 aromatic rings. The molecular formula is C13H18N2O3S. The van der Waals surface area contributed by atoms with E-state index in [-0.39, 0.29) is 10.5 Å². The second-order valence-electron chi connectivity index (χ2n) is 5.28. The third kappa shape index (κ3) is 2.27. The van der Waals surface area contributed by atoms with Crippen molar-refractivity contribution in [2.75, 3.05) is 6.61 Å². The van der Waals surface area contributed by atoms with Gasteiger partial charge < -0.3 is 9.84 Å². The van der Waals surface area contributed by atoms with E-state index < -0.39 is 16.4 Å². The molecule has 2 fully saturated rings. The van der Waals surface area contributed by atoms with E-state index in [1.54, 1.807) is 12.4 Å². The Bertz CT molecular complexity index is 475. The van der Waals surface area contributed by atoms with Crippen molar-refractivity contribution in [1.82, 2.24) is 9.97 Å². The van der Waals surface area contributed by atoms with Crippen LogP contribution in [0.1, 0.15) is 38.2 Å². The second kappa shape index (κ2) is 4.83. The van der Waals surface area contributed by atoms with Crippen molar-refractivity contribution >= 4 is 10.8 Å². The molecule has 0 aromatic carbocycles. The predicted molar refractivity (Wildman–Crippen MR) is 71.3 cm³/mol. The highest BCUT2D eigenvalue weighted by Crippen LogP contribution is 2.45. The van der Waals surface area contributed by atoms with Gasteiger partial charge in [0, 0.05) is 39.3 Å². The zero-order chi connectivity index (χ0) is 13.5. The maximum Gasteiger partial charge on any atom is 0.316 e. The second-order valence-corrected chi connectivity index (χ2v) is 7.27. The zero-order valence-electron chi connectivity index (χ0n) is 10.9. The monoisotopic (exact) mass is 282 g/mol. The summed E-state index contributed by atoms with van der Waals surface area (Å²) in [4.78, 5) is 8.22. The van der Waals surface area contributed by atoms with Crippen LogP contribution >= 0.6 is 0 Å². The van der Waals surface area contributed by atoms with Gasteiger partial charge in [0.1, 0.15) is 0 Å². The number of fused-ring (bicyclic) bond motifs is 2. The standard InChI is InChI=1S/C13H18N2O3S/c1-2-18-12-14-7-9(8-15-12)13(16)5-10-3-4-11(6-13)19(10)17/h7-8,10-11,16H,2-6H2,1H3. The molecule has 2 aliphatic rings. The van der Waals surface area contributed by atoms with Gasteiger partial charge in [-0.15, -0.1) is 0 Å². The lowest BCUT2D eigenvalue weighted by Gasteiger charge is -2.35. The van der Waals surface area contributed by atoms with Crippen molar-refractivity contribution < 1.29 is 14.1 Å². The summed E-state index contributed by atoms with van der Waals surface area (Å²) in [6.45, 7) is 2.39. The SMILES string of the molecule is CCOc1ncc(C2(O)CC3CCC(C2)S3=O)cn1. The molecule has 2 atom stereocenters. The first kappa shape index (κ1) is 13.0. The normalized spacial score (nSPS) is 37.3. The number of aliphatic hydroxyl groups is 1. The summed E-state index contributed by atoms with van der Waals surface area (Å²) in [7, 11) is -0.772. The number of aromatic nitrogens is 2. The minimum Gasteiger partial charge on any atom is -0.464 e. The quantitative estimate of drug-likeness (QED) is 0.900. The zero-order valence-corrected chi connectivity index (χ0v) is 11.7. The maximum atomic E-state index is 12.0. The summed E-state index contributed by atoms with van der Waals surface area (Å²) < 4.78 is 17.2. The van der Waals surface area contributed by atoms with Crippen LogP contribution in [0.4, 0.5) is 0 Å². The molecule has 0 amide bonds. The molecule has 0 spiro atoms. The van der Waals surface area contributed by atoms with Crippen molar-refractivity contribution in [3.05, 3.63) is 18.0 Å². The van der Waals surface area contributed by atoms with Gasteiger partial charge in [-0.05, 0) is 32.6 Å². The first-order valence-corrected chi connectivity index (χ1v) is 7.97. The summed E-state index contributed by atoms with van der Waals surface area (Å²) in [6.07, 6.45) is 6.27. The highest BCUT2D eigenvalue weighted by molar-refractivity contribution is 7.86. The molecule has 3 heterocycles. The molecule has 5 nitrogen and oxygen atoms in total. The fourth-order valence-corrected chi connectivity index (χ4v) is 5.24. The number of ether oxygens (including phenoxy) is 1. The molecule has 0 aliphatic carbocycles. The Morgan fingerprint density at radius 1 is 1.37 bits per heavy atom. The van der Waals surface area contributed by atoms with Gasteiger partial charge >= 0.3 is 6.01 Å². The van der Waals surface area contributed by atoms with Gasteiger partial charge in [-0.25, -0.2) is 9.97 Å². The molecule has 6 heteroatoms. The molecular weight excluding hydrogens is 264 g/mol. The third-order valence-electron chi connectivity index (χ3n) is 4.04. The lowest BCUT2D eigenvalue weighted by atomic mass is 9.88. The Morgan fingerprint density at radius 2 is 1.95 bits per heavy atom. The Hall–Kier alpha value is -1.01. The molecule has 0 radical (unpaired) electrons. The minimum absolute atomic E-state index is 0.121. The average Bonchev–Trinajstić information content (AvgIpc) is 2.63. The Labute approximate surface area is 114 Å². The van der Waals surface area contributed by atoms with E-state index in [0.717, 1.165) is 12.8 Å². The van der Waals surface area contributed by atoms with Crippen LogP contribution in [0.15, 0.2) is 12.4 Å². The fourth-order valence-electron chi connectivity index (χ4n) is 3.08. The summed E-state index contributed by atoms with van der Waals surface area (Å²) in [5.41, 5.74) is -0.214. The van der Waals surface area contributed by atoms with Gasteiger partial charge in [0.05, 0.1) is 12.2 Å². The molecule has 2 unspecified atom stereocenters. The average molecular weight is 282 g/mol. The summed E-state index contributed by atoms with van der Waals surface area (Å²) >= 11 is 0. The highest BCUT2D eigenvalue weighted by atomic mass is 32.2. The van der Waals surface area contributed by atoms with Crippen LogP contribution in [0.5, 0.6) is 6.01 Å². The van der Waals surface area contributed by atoms with Crippen LogP contribution in [0.2, 0.25) is 0 Å². The predicted octanol–water partition coefficient (Wildman–Crippen LogP) is 1.14. The fraction of sp³-hybridized carbons (Fsp3) is 0.692. The Balaban J connectivity index is 1.83. The summed E-state index contributed by atoms with van der Waals surface area (Å²) in [5.74, 6) is 0.